The Morgan fingerprint density at radius 3 is 2.53 bits per heavy atom. The van der Waals surface area contributed by atoms with E-state index in [4.69, 9.17) is 0 Å². The minimum Gasteiger partial charge on any atom is -0.313 e. The van der Waals surface area contributed by atoms with Gasteiger partial charge in [-0.05, 0) is 42.7 Å². The van der Waals surface area contributed by atoms with Gasteiger partial charge in [0, 0.05) is 6.54 Å². The van der Waals surface area contributed by atoms with E-state index < -0.39 is 11.6 Å². The summed E-state index contributed by atoms with van der Waals surface area (Å²) in [5.41, 5.74) is 0.592. The van der Waals surface area contributed by atoms with Gasteiger partial charge >= 0.3 is 0 Å². The number of nitrogens with one attached hydrogen (secondary N) is 1. The Kier molecular flexibility index (Phi) is 4.84. The van der Waals surface area contributed by atoms with Crippen LogP contribution in [0.5, 0.6) is 0 Å². The van der Waals surface area contributed by atoms with Crippen molar-refractivity contribution in [1.29, 1.82) is 0 Å². The van der Waals surface area contributed by atoms with Gasteiger partial charge in [0.1, 0.15) is 17.5 Å². The van der Waals surface area contributed by atoms with E-state index >= 15 is 0 Å². The van der Waals surface area contributed by atoms with E-state index in [1.807, 2.05) is 6.92 Å². The highest BCUT2D eigenvalue weighted by atomic mass is 32.2. The van der Waals surface area contributed by atoms with Crippen LogP contribution in [-0.4, -0.2) is 15.9 Å². The van der Waals surface area contributed by atoms with Gasteiger partial charge in [-0.2, -0.15) is 4.37 Å². The number of nitrogens with zero attached hydrogens (tertiary/aromatic N) is 2. The number of hydrogen-bond donors (Lipinski definition) is 1. The molecule has 0 saturated carbocycles. The minimum atomic E-state index is -0.564. The standard InChI is InChI=1S/C12H13F2N3S2/c1-3-15-6-8-4-9(13)11(10(14)5-8)18-12-16-7(2)17-19-12/h4-5,15H,3,6H2,1-2H3. The molecule has 0 spiro atoms. The van der Waals surface area contributed by atoms with E-state index in [9.17, 15) is 8.78 Å². The molecule has 0 aliphatic carbocycles. The molecule has 1 heterocycles. The average Bonchev–Trinajstić information content (AvgIpc) is 2.77. The van der Waals surface area contributed by atoms with Gasteiger partial charge in [-0.15, -0.1) is 0 Å². The van der Waals surface area contributed by atoms with Crippen LogP contribution in [0, 0.1) is 18.6 Å². The van der Waals surface area contributed by atoms with Gasteiger partial charge in [0.05, 0.1) is 4.90 Å². The van der Waals surface area contributed by atoms with Crippen LogP contribution in [-0.2, 0) is 6.54 Å². The monoisotopic (exact) mass is 301 g/mol. The van der Waals surface area contributed by atoms with Crippen LogP contribution < -0.4 is 5.32 Å². The second-order valence-corrected chi connectivity index (χ2v) is 5.89. The van der Waals surface area contributed by atoms with Crippen molar-refractivity contribution >= 4 is 23.3 Å². The summed E-state index contributed by atoms with van der Waals surface area (Å²) in [5.74, 6) is -0.520. The molecule has 0 radical (unpaired) electrons. The van der Waals surface area contributed by atoms with Gasteiger partial charge in [0.15, 0.2) is 4.34 Å². The number of benzene rings is 1. The highest BCUT2D eigenvalue weighted by Gasteiger charge is 2.14. The smallest absolute Gasteiger partial charge is 0.175 e. The topological polar surface area (TPSA) is 37.8 Å². The first kappa shape index (κ1) is 14.4. The summed E-state index contributed by atoms with van der Waals surface area (Å²) in [6.07, 6.45) is 0. The lowest BCUT2D eigenvalue weighted by Crippen LogP contribution is -2.12. The zero-order chi connectivity index (χ0) is 13.8. The molecule has 1 N–H and O–H groups in total. The molecule has 0 saturated heterocycles. The largest absolute Gasteiger partial charge is 0.313 e. The summed E-state index contributed by atoms with van der Waals surface area (Å²) in [6, 6.07) is 2.70. The molecule has 102 valence electrons. The summed E-state index contributed by atoms with van der Waals surface area (Å²) in [7, 11) is 0. The molecule has 2 aromatic rings. The lowest BCUT2D eigenvalue weighted by atomic mass is 10.2. The Bertz CT molecular complexity index is 549. The third-order valence-corrected chi connectivity index (χ3v) is 4.27. The van der Waals surface area contributed by atoms with Gasteiger partial charge in [-0.1, -0.05) is 18.7 Å². The Morgan fingerprint density at radius 2 is 2.00 bits per heavy atom. The molecule has 0 fully saturated rings. The number of rotatable bonds is 5. The van der Waals surface area contributed by atoms with Crippen LogP contribution in [0.2, 0.25) is 0 Å². The summed E-state index contributed by atoms with van der Waals surface area (Å²) in [6.45, 7) is 4.89. The van der Waals surface area contributed by atoms with Gasteiger partial charge in [-0.25, -0.2) is 13.8 Å². The van der Waals surface area contributed by atoms with E-state index in [-0.39, 0.29) is 4.90 Å². The molecule has 1 aromatic heterocycles. The van der Waals surface area contributed by atoms with Gasteiger partial charge in [-0.3, -0.25) is 0 Å². The van der Waals surface area contributed by atoms with E-state index in [1.54, 1.807) is 6.92 Å². The SMILES string of the molecule is CCNCc1cc(F)c(Sc2nc(C)ns2)c(F)c1. The zero-order valence-electron chi connectivity index (χ0n) is 10.5. The minimum absolute atomic E-state index is 0.0311. The quantitative estimate of drug-likeness (QED) is 0.918. The van der Waals surface area contributed by atoms with Crippen LogP contribution in [0.15, 0.2) is 21.4 Å². The van der Waals surface area contributed by atoms with Crippen molar-refractivity contribution in [3.8, 4) is 0 Å². The maximum atomic E-state index is 13.9. The fourth-order valence-electron chi connectivity index (χ4n) is 1.49. The maximum absolute atomic E-state index is 13.9. The fourth-order valence-corrected chi connectivity index (χ4v) is 3.09. The van der Waals surface area contributed by atoms with Crippen LogP contribution in [0.1, 0.15) is 18.3 Å². The van der Waals surface area contributed by atoms with Gasteiger partial charge in [0.2, 0.25) is 0 Å². The molecule has 3 nitrogen and oxygen atoms in total. The van der Waals surface area contributed by atoms with Crippen LogP contribution in [0.25, 0.3) is 0 Å². The first-order valence-electron chi connectivity index (χ1n) is 5.77. The van der Waals surface area contributed by atoms with Crippen LogP contribution in [0.4, 0.5) is 8.78 Å². The lowest BCUT2D eigenvalue weighted by Gasteiger charge is -2.07. The molecule has 0 bridgehead atoms. The van der Waals surface area contributed by atoms with Crippen molar-refractivity contribution in [3.63, 3.8) is 0 Å². The predicted octanol–water partition coefficient (Wildman–Crippen LogP) is 3.39. The van der Waals surface area contributed by atoms with Crippen molar-refractivity contribution in [2.45, 2.75) is 29.6 Å². The summed E-state index contributed by atoms with van der Waals surface area (Å²) < 4.78 is 32.3. The highest BCUT2D eigenvalue weighted by Crippen LogP contribution is 2.33. The molecule has 7 heteroatoms. The number of aryl methyl sites for hydroxylation is 1. The predicted molar refractivity (Wildman–Crippen MR) is 72.5 cm³/mol. The first-order valence-corrected chi connectivity index (χ1v) is 7.36. The summed E-state index contributed by atoms with van der Waals surface area (Å²) in [4.78, 5) is 4.05. The van der Waals surface area contributed by atoms with Gasteiger partial charge < -0.3 is 5.32 Å². The average molecular weight is 301 g/mol. The lowest BCUT2D eigenvalue weighted by molar-refractivity contribution is 0.535. The molecule has 0 aliphatic rings. The third kappa shape index (κ3) is 3.71. The van der Waals surface area contributed by atoms with Crippen molar-refractivity contribution in [1.82, 2.24) is 14.7 Å². The number of hydrogen-bond acceptors (Lipinski definition) is 5. The van der Waals surface area contributed by atoms with Crippen molar-refractivity contribution in [3.05, 3.63) is 35.2 Å². The molecule has 0 amide bonds. The van der Waals surface area contributed by atoms with Crippen molar-refractivity contribution in [2.24, 2.45) is 0 Å². The van der Waals surface area contributed by atoms with Gasteiger partial charge in [0.25, 0.3) is 0 Å². The second-order valence-electron chi connectivity index (χ2n) is 3.88. The molecular weight excluding hydrogens is 288 g/mol. The number of aromatic nitrogens is 2. The summed E-state index contributed by atoms with van der Waals surface area (Å²) in [5, 5.41) is 3.03. The van der Waals surface area contributed by atoms with Crippen LogP contribution >= 0.6 is 23.3 Å². The van der Waals surface area contributed by atoms with Crippen LogP contribution in [0.3, 0.4) is 0 Å². The Labute approximate surface area is 118 Å². The van der Waals surface area contributed by atoms with E-state index in [0.29, 0.717) is 22.3 Å². The molecule has 19 heavy (non-hydrogen) atoms. The highest BCUT2D eigenvalue weighted by molar-refractivity contribution is 8.01. The number of halogens is 2. The second kappa shape index (κ2) is 6.40. The maximum Gasteiger partial charge on any atom is 0.175 e. The molecular formula is C12H13F2N3S2. The first-order chi connectivity index (χ1) is 9.10. The molecule has 0 aliphatic heterocycles. The Morgan fingerprint density at radius 1 is 1.32 bits per heavy atom. The fraction of sp³-hybridized carbons (Fsp3) is 0.333. The van der Waals surface area contributed by atoms with Crippen molar-refractivity contribution in [2.75, 3.05) is 6.54 Å². The van der Waals surface area contributed by atoms with E-state index in [2.05, 4.69) is 14.7 Å². The third-order valence-electron chi connectivity index (χ3n) is 2.34. The van der Waals surface area contributed by atoms with Crippen molar-refractivity contribution < 1.29 is 8.78 Å². The zero-order valence-corrected chi connectivity index (χ0v) is 12.2. The molecule has 0 unspecified atom stereocenters. The molecule has 1 aromatic carbocycles. The summed E-state index contributed by atoms with van der Waals surface area (Å²) >= 11 is 2.10. The van der Waals surface area contributed by atoms with E-state index in [0.717, 1.165) is 29.8 Å². The Balaban J connectivity index is 2.21. The Hall–Kier alpha value is -1.05. The normalized spacial score (nSPS) is 10.9. The molecule has 2 rings (SSSR count). The van der Waals surface area contributed by atoms with E-state index in [1.165, 1.54) is 12.1 Å². The molecule has 0 atom stereocenters.